The minimum absolute atomic E-state index is 0.0170. The van der Waals surface area contributed by atoms with Crippen molar-refractivity contribution in [3.63, 3.8) is 0 Å². The van der Waals surface area contributed by atoms with Gasteiger partial charge in [0.25, 0.3) is 0 Å². The molecule has 0 amide bonds. The molecular weight excluding hydrogens is 371 g/mol. The normalized spacial score (nSPS) is 17.6. The number of nitrogens with zero attached hydrogens (tertiary/aromatic N) is 3. The predicted octanol–water partition coefficient (Wildman–Crippen LogP) is 3.26. The number of hydrogen-bond acceptors (Lipinski definition) is 6. The highest BCUT2D eigenvalue weighted by Gasteiger charge is 2.28. The number of nitrogen functional groups attached to an aromatic ring is 1. The molecule has 0 bridgehead atoms. The number of ketones is 1. The molecule has 2 aromatic rings. The van der Waals surface area contributed by atoms with Gasteiger partial charge in [-0.2, -0.15) is 4.98 Å². The molecule has 144 valence electrons. The van der Waals surface area contributed by atoms with Crippen LogP contribution in [0.3, 0.4) is 0 Å². The van der Waals surface area contributed by atoms with E-state index in [9.17, 15) is 9.18 Å². The van der Waals surface area contributed by atoms with Gasteiger partial charge < -0.3 is 15.4 Å². The summed E-state index contributed by atoms with van der Waals surface area (Å²) in [5.41, 5.74) is 7.60. The number of hydrogen-bond donors (Lipinski definition) is 1. The monoisotopic (exact) mass is 392 g/mol. The average molecular weight is 393 g/mol. The number of aryl methyl sites for hydroxylation is 1. The number of carbonyl (C=O) groups is 1. The minimum atomic E-state index is -0.484. The summed E-state index contributed by atoms with van der Waals surface area (Å²) in [6, 6.07) is 4.49. The number of benzene rings is 1. The molecule has 1 aromatic carbocycles. The molecule has 27 heavy (non-hydrogen) atoms. The lowest BCUT2D eigenvalue weighted by Crippen LogP contribution is -2.32. The summed E-state index contributed by atoms with van der Waals surface area (Å²) in [6.45, 7) is 4.93. The molecule has 0 spiro atoms. The quantitative estimate of drug-likeness (QED) is 0.860. The van der Waals surface area contributed by atoms with Crippen molar-refractivity contribution in [2.75, 3.05) is 30.4 Å². The Morgan fingerprint density at radius 1 is 1.41 bits per heavy atom. The number of carbonyl (C=O) groups excluding carboxylic acids is 1. The van der Waals surface area contributed by atoms with Crippen LogP contribution in [0.5, 0.6) is 0 Å². The Labute approximate surface area is 162 Å². The van der Waals surface area contributed by atoms with Crippen LogP contribution in [-0.2, 0) is 16.0 Å². The highest BCUT2D eigenvalue weighted by molar-refractivity contribution is 6.31. The molecular formula is C19H22ClFN4O2. The molecule has 1 aliphatic heterocycles. The summed E-state index contributed by atoms with van der Waals surface area (Å²) in [6.07, 6.45) is 0.821. The van der Waals surface area contributed by atoms with Crippen molar-refractivity contribution in [1.29, 1.82) is 0 Å². The van der Waals surface area contributed by atoms with Crippen LogP contribution in [0.25, 0.3) is 0 Å². The zero-order chi connectivity index (χ0) is 19.6. The van der Waals surface area contributed by atoms with E-state index in [4.69, 9.17) is 22.1 Å². The van der Waals surface area contributed by atoms with Crippen LogP contribution in [0, 0.1) is 12.7 Å². The number of aromatic nitrogens is 2. The molecule has 2 N–H and O–H groups in total. The first-order chi connectivity index (χ1) is 12.8. The molecule has 0 radical (unpaired) electrons. The largest absolute Gasteiger partial charge is 0.379 e. The third-order valence-electron chi connectivity index (χ3n) is 4.46. The summed E-state index contributed by atoms with van der Waals surface area (Å²) >= 11 is 6.38. The first-order valence-corrected chi connectivity index (χ1v) is 9.15. The van der Waals surface area contributed by atoms with Crippen molar-refractivity contribution >= 4 is 29.2 Å². The third-order valence-corrected chi connectivity index (χ3v) is 4.78. The van der Waals surface area contributed by atoms with E-state index in [1.54, 1.807) is 6.07 Å². The Morgan fingerprint density at radius 2 is 2.19 bits per heavy atom. The van der Waals surface area contributed by atoms with Gasteiger partial charge in [-0.25, -0.2) is 9.37 Å². The summed E-state index contributed by atoms with van der Waals surface area (Å²) in [7, 11) is 0. The van der Waals surface area contributed by atoms with E-state index in [1.807, 2.05) is 13.0 Å². The fourth-order valence-corrected chi connectivity index (χ4v) is 3.58. The van der Waals surface area contributed by atoms with Crippen LogP contribution in [0.1, 0.15) is 36.2 Å². The molecule has 8 heteroatoms. The zero-order valence-electron chi connectivity index (χ0n) is 15.3. The highest BCUT2D eigenvalue weighted by atomic mass is 35.5. The molecule has 2 heterocycles. The van der Waals surface area contributed by atoms with Crippen LogP contribution in [0.2, 0.25) is 5.02 Å². The maximum atomic E-state index is 14.2. The van der Waals surface area contributed by atoms with Gasteiger partial charge in [-0.3, -0.25) is 4.79 Å². The smallest absolute Gasteiger partial charge is 0.222 e. The van der Waals surface area contributed by atoms with Gasteiger partial charge in [0, 0.05) is 36.4 Å². The van der Waals surface area contributed by atoms with Gasteiger partial charge in [-0.05, 0) is 43.5 Å². The lowest BCUT2D eigenvalue weighted by molar-refractivity contribution is -0.116. The molecule has 0 aliphatic carbocycles. The Hall–Kier alpha value is -2.25. The van der Waals surface area contributed by atoms with E-state index in [0.717, 1.165) is 12.1 Å². The zero-order valence-corrected chi connectivity index (χ0v) is 16.1. The SMILES string of the molecule is CC(=O)Cc1cc(C2COCCCN2c2cc(C)nc(N)n2)c(Cl)cc1F. The van der Waals surface area contributed by atoms with Crippen LogP contribution in [0.4, 0.5) is 16.2 Å². The lowest BCUT2D eigenvalue weighted by atomic mass is 9.99. The number of anilines is 2. The van der Waals surface area contributed by atoms with Crippen molar-refractivity contribution in [2.45, 2.75) is 32.7 Å². The van der Waals surface area contributed by atoms with Gasteiger partial charge in [0.2, 0.25) is 5.95 Å². The Morgan fingerprint density at radius 3 is 2.89 bits per heavy atom. The Bertz CT molecular complexity index is 842. The summed E-state index contributed by atoms with van der Waals surface area (Å²) in [5, 5.41) is 0.291. The van der Waals surface area contributed by atoms with E-state index >= 15 is 0 Å². The van der Waals surface area contributed by atoms with Crippen molar-refractivity contribution in [3.05, 3.63) is 45.9 Å². The molecule has 1 aromatic heterocycles. The third kappa shape index (κ3) is 4.54. The Balaban J connectivity index is 2.06. The van der Waals surface area contributed by atoms with Crippen LogP contribution >= 0.6 is 11.6 Å². The molecule has 1 saturated heterocycles. The molecule has 1 unspecified atom stereocenters. The maximum Gasteiger partial charge on any atom is 0.222 e. The van der Waals surface area contributed by atoms with Crippen molar-refractivity contribution in [1.82, 2.24) is 9.97 Å². The van der Waals surface area contributed by atoms with Gasteiger partial charge >= 0.3 is 0 Å². The fraction of sp³-hybridized carbons (Fsp3) is 0.421. The first kappa shape index (κ1) is 19.5. The van der Waals surface area contributed by atoms with Gasteiger partial charge in [0.1, 0.15) is 17.4 Å². The predicted molar refractivity (Wildman–Crippen MR) is 102 cm³/mol. The fourth-order valence-electron chi connectivity index (χ4n) is 3.30. The number of rotatable bonds is 4. The molecule has 0 saturated carbocycles. The van der Waals surface area contributed by atoms with Crippen LogP contribution in [0.15, 0.2) is 18.2 Å². The molecule has 1 fully saturated rings. The van der Waals surface area contributed by atoms with E-state index in [1.165, 1.54) is 13.0 Å². The highest BCUT2D eigenvalue weighted by Crippen LogP contribution is 2.34. The second-order valence-corrected chi connectivity index (χ2v) is 7.11. The molecule has 6 nitrogen and oxygen atoms in total. The summed E-state index contributed by atoms with van der Waals surface area (Å²) < 4.78 is 20.0. The first-order valence-electron chi connectivity index (χ1n) is 8.78. The lowest BCUT2D eigenvalue weighted by Gasteiger charge is -2.31. The van der Waals surface area contributed by atoms with E-state index in [-0.39, 0.29) is 24.2 Å². The van der Waals surface area contributed by atoms with E-state index in [0.29, 0.717) is 41.7 Å². The van der Waals surface area contributed by atoms with Crippen LogP contribution in [-0.4, -0.2) is 35.5 Å². The summed E-state index contributed by atoms with van der Waals surface area (Å²) in [5.74, 6) is 0.262. The number of ether oxygens (including phenoxy) is 1. The summed E-state index contributed by atoms with van der Waals surface area (Å²) in [4.78, 5) is 22.0. The number of halogens is 2. The van der Waals surface area contributed by atoms with Crippen molar-refractivity contribution < 1.29 is 13.9 Å². The van der Waals surface area contributed by atoms with E-state index in [2.05, 4.69) is 14.9 Å². The number of Topliss-reactive ketones (excluding diaryl/α,β-unsaturated/α-hetero) is 1. The average Bonchev–Trinajstić information content (AvgIpc) is 2.82. The van der Waals surface area contributed by atoms with Gasteiger partial charge in [-0.15, -0.1) is 0 Å². The standard InChI is InChI=1S/C19H22ClFN4O2/c1-11-6-18(24-19(22)23-11)25-4-3-5-27-10-17(25)14-8-13(7-12(2)26)16(21)9-15(14)20/h6,8-9,17H,3-5,7,10H2,1-2H3,(H2,22,23,24). The van der Waals surface area contributed by atoms with Gasteiger partial charge in [-0.1, -0.05) is 11.6 Å². The van der Waals surface area contributed by atoms with Gasteiger partial charge in [0.05, 0.1) is 12.6 Å². The van der Waals surface area contributed by atoms with Crippen molar-refractivity contribution in [3.8, 4) is 0 Å². The maximum absolute atomic E-state index is 14.2. The van der Waals surface area contributed by atoms with E-state index < -0.39 is 5.82 Å². The second kappa shape index (κ2) is 8.19. The number of nitrogens with two attached hydrogens (primary N) is 1. The van der Waals surface area contributed by atoms with Crippen LogP contribution < -0.4 is 10.6 Å². The second-order valence-electron chi connectivity index (χ2n) is 6.71. The molecule has 1 atom stereocenters. The molecule has 3 rings (SSSR count). The van der Waals surface area contributed by atoms with Gasteiger partial charge in [0.15, 0.2) is 0 Å². The van der Waals surface area contributed by atoms with Crippen molar-refractivity contribution in [2.24, 2.45) is 0 Å². The topological polar surface area (TPSA) is 81.3 Å². The molecule has 1 aliphatic rings. The Kier molecular flexibility index (Phi) is 5.92. The minimum Gasteiger partial charge on any atom is -0.379 e.